The third kappa shape index (κ3) is 8.57. The molecule has 0 radical (unpaired) electrons. The first kappa shape index (κ1) is 21.8. The molecule has 11 heteroatoms. The maximum absolute atomic E-state index is 12.2. The molecule has 0 aliphatic heterocycles. The Morgan fingerprint density at radius 1 is 1.26 bits per heavy atom. The third-order valence-corrected chi connectivity index (χ3v) is 3.93. The van der Waals surface area contributed by atoms with Gasteiger partial charge in [0.2, 0.25) is 11.8 Å². The number of nitrogens with zero attached hydrogens (tertiary/aromatic N) is 1. The molecule has 1 fully saturated rings. The average molecular weight is 380 g/mol. The second-order valence-electron chi connectivity index (χ2n) is 6.12. The van der Waals surface area contributed by atoms with Crippen LogP contribution in [0.4, 0.5) is 4.79 Å². The van der Waals surface area contributed by atoms with Crippen LogP contribution in [-0.4, -0.2) is 53.5 Å². The monoisotopic (exact) mass is 380 g/mol. The van der Waals surface area contributed by atoms with Crippen LogP contribution in [0.3, 0.4) is 0 Å². The number of aliphatic imine (C=N–C) groups is 1. The number of hydrogen-bond acceptors (Lipinski definition) is 5. The molecule has 27 heavy (non-hydrogen) atoms. The Balaban J connectivity index is 2.47. The molecule has 4 amide bonds. The summed E-state index contributed by atoms with van der Waals surface area (Å²) in [5, 5.41) is 15.7. The van der Waals surface area contributed by atoms with Crippen molar-refractivity contribution in [3.63, 3.8) is 0 Å². The van der Waals surface area contributed by atoms with Gasteiger partial charge in [-0.1, -0.05) is 12.3 Å². The predicted molar refractivity (Wildman–Crippen MR) is 96.1 cm³/mol. The van der Waals surface area contributed by atoms with Crippen molar-refractivity contribution in [1.82, 2.24) is 16.0 Å². The number of amides is 4. The van der Waals surface area contributed by atoms with Gasteiger partial charge in [0.05, 0.1) is 19.0 Å². The SMILES string of the molecule is C#C[C@H](CC(=O)O)NC(=O)CNC(=O)C1CCCC(N=C(N)NC(N)=O)C1. The molecule has 1 saturated carbocycles. The fourth-order valence-corrected chi connectivity index (χ4v) is 2.76. The molecular weight excluding hydrogens is 356 g/mol. The van der Waals surface area contributed by atoms with Crippen molar-refractivity contribution in [1.29, 1.82) is 0 Å². The smallest absolute Gasteiger partial charge is 0.318 e. The first-order valence-corrected chi connectivity index (χ1v) is 8.36. The molecule has 0 aromatic heterocycles. The van der Waals surface area contributed by atoms with Gasteiger partial charge >= 0.3 is 12.0 Å². The second-order valence-corrected chi connectivity index (χ2v) is 6.12. The highest BCUT2D eigenvalue weighted by Gasteiger charge is 2.27. The number of hydrogen-bond donors (Lipinski definition) is 6. The Kier molecular flexibility index (Phi) is 8.58. The summed E-state index contributed by atoms with van der Waals surface area (Å²) in [7, 11) is 0. The van der Waals surface area contributed by atoms with Crippen LogP contribution >= 0.6 is 0 Å². The highest BCUT2D eigenvalue weighted by atomic mass is 16.4. The van der Waals surface area contributed by atoms with E-state index < -0.39 is 30.4 Å². The van der Waals surface area contributed by atoms with Gasteiger partial charge in [0, 0.05) is 5.92 Å². The number of carboxylic acid groups (broad SMARTS) is 1. The molecule has 1 rings (SSSR count). The summed E-state index contributed by atoms with van der Waals surface area (Å²) in [5.41, 5.74) is 10.5. The van der Waals surface area contributed by atoms with E-state index in [9.17, 15) is 19.2 Å². The molecule has 8 N–H and O–H groups in total. The Bertz CT molecular complexity index is 656. The minimum Gasteiger partial charge on any atom is -0.481 e. The molecule has 0 heterocycles. The van der Waals surface area contributed by atoms with Crippen molar-refractivity contribution in [2.45, 2.75) is 44.2 Å². The zero-order valence-corrected chi connectivity index (χ0v) is 14.7. The average Bonchev–Trinajstić information content (AvgIpc) is 2.58. The van der Waals surface area contributed by atoms with Crippen LogP contribution in [0.2, 0.25) is 0 Å². The third-order valence-electron chi connectivity index (χ3n) is 3.93. The molecule has 1 aliphatic rings. The predicted octanol–water partition coefficient (Wildman–Crippen LogP) is -1.76. The van der Waals surface area contributed by atoms with E-state index in [-0.39, 0.29) is 30.4 Å². The van der Waals surface area contributed by atoms with Crippen molar-refractivity contribution in [3.8, 4) is 12.3 Å². The van der Waals surface area contributed by atoms with Crippen LogP contribution in [0, 0.1) is 18.3 Å². The highest BCUT2D eigenvalue weighted by molar-refractivity contribution is 5.94. The van der Waals surface area contributed by atoms with Crippen LogP contribution in [0.1, 0.15) is 32.1 Å². The van der Waals surface area contributed by atoms with Crippen molar-refractivity contribution < 1.29 is 24.3 Å². The number of nitrogens with two attached hydrogens (primary N) is 2. The summed E-state index contributed by atoms with van der Waals surface area (Å²) < 4.78 is 0. The van der Waals surface area contributed by atoms with E-state index in [4.69, 9.17) is 23.0 Å². The van der Waals surface area contributed by atoms with Crippen LogP contribution in [0.5, 0.6) is 0 Å². The second kappa shape index (κ2) is 10.6. The molecule has 0 aromatic carbocycles. The number of nitrogens with one attached hydrogen (secondary N) is 3. The van der Waals surface area contributed by atoms with E-state index in [1.165, 1.54) is 0 Å². The van der Waals surface area contributed by atoms with Crippen LogP contribution in [0.15, 0.2) is 4.99 Å². The zero-order chi connectivity index (χ0) is 20.4. The van der Waals surface area contributed by atoms with Gasteiger partial charge in [-0.15, -0.1) is 6.42 Å². The number of carbonyl (C=O) groups excluding carboxylic acids is 3. The first-order chi connectivity index (χ1) is 12.7. The summed E-state index contributed by atoms with van der Waals surface area (Å²) in [4.78, 5) is 49.5. The quantitative estimate of drug-likeness (QED) is 0.172. The van der Waals surface area contributed by atoms with Crippen molar-refractivity contribution >= 4 is 29.8 Å². The fraction of sp³-hybridized carbons (Fsp3) is 0.562. The minimum atomic E-state index is -1.14. The van der Waals surface area contributed by atoms with Crippen LogP contribution < -0.4 is 27.4 Å². The molecule has 2 unspecified atom stereocenters. The molecule has 0 saturated heterocycles. The van der Waals surface area contributed by atoms with Gasteiger partial charge in [0.1, 0.15) is 6.04 Å². The summed E-state index contributed by atoms with van der Waals surface area (Å²) in [6.45, 7) is -0.313. The summed E-state index contributed by atoms with van der Waals surface area (Å²) in [5.74, 6) is -0.332. The number of aliphatic carboxylic acids is 1. The number of terminal acetylenes is 1. The van der Waals surface area contributed by atoms with Crippen molar-refractivity contribution in [3.05, 3.63) is 0 Å². The zero-order valence-electron chi connectivity index (χ0n) is 14.7. The Hall–Kier alpha value is -3.29. The lowest BCUT2D eigenvalue weighted by atomic mass is 9.85. The van der Waals surface area contributed by atoms with Crippen LogP contribution in [-0.2, 0) is 14.4 Å². The van der Waals surface area contributed by atoms with E-state index in [2.05, 4.69) is 26.9 Å². The molecule has 11 nitrogen and oxygen atoms in total. The molecule has 0 aromatic rings. The van der Waals surface area contributed by atoms with E-state index in [1.54, 1.807) is 0 Å². The standard InChI is InChI=1S/C16H24N6O5/c1-2-10(7-13(24)25)20-12(23)8-19-14(26)9-4-3-5-11(6-9)21-15(17)22-16(18)27/h1,9-11H,3-8H2,(H,19,26)(H,20,23)(H,24,25)(H5,17,18,21,22,27)/t9?,10-,11?/m1/s1. The number of rotatable bonds is 7. The lowest BCUT2D eigenvalue weighted by Gasteiger charge is -2.26. The maximum Gasteiger partial charge on any atom is 0.318 e. The lowest BCUT2D eigenvalue weighted by Crippen LogP contribution is -2.44. The Morgan fingerprint density at radius 3 is 2.56 bits per heavy atom. The molecule has 1 aliphatic carbocycles. The van der Waals surface area contributed by atoms with Gasteiger partial charge in [0.25, 0.3) is 0 Å². The first-order valence-electron chi connectivity index (χ1n) is 8.36. The molecular formula is C16H24N6O5. The topological polar surface area (TPSA) is 189 Å². The summed E-state index contributed by atoms with van der Waals surface area (Å²) in [6.07, 6.45) is 7.25. The molecule has 148 valence electrons. The number of urea groups is 1. The summed E-state index contributed by atoms with van der Waals surface area (Å²) >= 11 is 0. The van der Waals surface area contributed by atoms with Gasteiger partial charge in [-0.05, 0) is 19.3 Å². The van der Waals surface area contributed by atoms with Crippen molar-refractivity contribution in [2.24, 2.45) is 22.4 Å². The van der Waals surface area contributed by atoms with Gasteiger partial charge in [-0.3, -0.25) is 19.7 Å². The van der Waals surface area contributed by atoms with Gasteiger partial charge < -0.3 is 27.2 Å². The van der Waals surface area contributed by atoms with Crippen molar-refractivity contribution in [2.75, 3.05) is 6.54 Å². The van der Waals surface area contributed by atoms with E-state index in [0.717, 1.165) is 6.42 Å². The van der Waals surface area contributed by atoms with Gasteiger partial charge in [-0.2, -0.15) is 0 Å². The van der Waals surface area contributed by atoms with E-state index >= 15 is 0 Å². The number of guanidine groups is 1. The highest BCUT2D eigenvalue weighted by Crippen LogP contribution is 2.26. The van der Waals surface area contributed by atoms with E-state index in [1.807, 2.05) is 0 Å². The number of carboxylic acids is 1. The van der Waals surface area contributed by atoms with Gasteiger partial charge in [0.15, 0.2) is 5.96 Å². The Labute approximate surface area is 156 Å². The van der Waals surface area contributed by atoms with Gasteiger partial charge in [-0.25, -0.2) is 9.79 Å². The van der Waals surface area contributed by atoms with Crippen LogP contribution in [0.25, 0.3) is 0 Å². The molecule has 0 spiro atoms. The normalized spacial score (nSPS) is 20.6. The molecule has 3 atom stereocenters. The number of carbonyl (C=O) groups is 4. The largest absolute Gasteiger partial charge is 0.481 e. The fourth-order valence-electron chi connectivity index (χ4n) is 2.76. The molecule has 0 bridgehead atoms. The summed E-state index contributed by atoms with van der Waals surface area (Å²) in [6, 6.07) is -2.00. The maximum atomic E-state index is 12.2. The Morgan fingerprint density at radius 2 is 1.96 bits per heavy atom. The van der Waals surface area contributed by atoms with E-state index in [0.29, 0.717) is 19.3 Å². The minimum absolute atomic E-state index is 0.105. The lowest BCUT2D eigenvalue weighted by molar-refractivity contribution is -0.137. The number of primary amides is 1.